The maximum atomic E-state index is 13.7. The minimum Gasteiger partial charge on any atom is -0.321 e. The zero-order valence-electron chi connectivity index (χ0n) is 55.6. The van der Waals surface area contributed by atoms with Gasteiger partial charge in [0.2, 0.25) is 0 Å². The first-order valence-electron chi connectivity index (χ1n) is 34.9. The molecule has 2 heterocycles. The van der Waals surface area contributed by atoms with Gasteiger partial charge in [0.1, 0.15) is 0 Å². The van der Waals surface area contributed by atoms with Crippen LogP contribution in [0.1, 0.15) is 64.9 Å². The minimum absolute atomic E-state index is 0.0381. The van der Waals surface area contributed by atoms with Crippen molar-refractivity contribution < 1.29 is 0 Å². The first-order chi connectivity index (χ1) is 48.5. The molecule has 0 bridgehead atoms. The normalized spacial score (nSPS) is 12.0. The molecule has 15 aromatic carbocycles. The second kappa shape index (κ2) is 26.5. The summed E-state index contributed by atoms with van der Waals surface area (Å²) in [4.78, 5) is 33.2. The Morgan fingerprint density at radius 1 is 0.265 bits per heavy atom. The average Bonchev–Trinajstić information content (AvgIpc) is 0.744. The van der Waals surface area contributed by atoms with Gasteiger partial charge in [-0.1, -0.05) is 289 Å². The number of hydrogen-bond donors (Lipinski definition) is 2. The van der Waals surface area contributed by atoms with Crippen LogP contribution in [0.2, 0.25) is 0 Å². The van der Waals surface area contributed by atoms with Crippen molar-refractivity contribution in [3.63, 3.8) is 0 Å². The number of H-pyrrole nitrogens is 2. The van der Waals surface area contributed by atoms with E-state index in [9.17, 15) is 9.59 Å². The Hall–Kier alpha value is -11.7. The van der Waals surface area contributed by atoms with Crippen LogP contribution in [0.4, 0.5) is 0 Å². The van der Waals surface area contributed by atoms with Gasteiger partial charge in [0.25, 0.3) is 11.1 Å². The molecule has 1 aliphatic carbocycles. The Labute approximate surface area is 570 Å². The van der Waals surface area contributed by atoms with Gasteiger partial charge < -0.3 is 9.97 Å². The summed E-state index contributed by atoms with van der Waals surface area (Å²) in [5, 5.41) is 20.3. The summed E-state index contributed by atoms with van der Waals surface area (Å²) in [7, 11) is 0. The highest BCUT2D eigenvalue weighted by Gasteiger charge is 2.22. The van der Waals surface area contributed by atoms with Crippen molar-refractivity contribution in [1.82, 2.24) is 9.97 Å². The van der Waals surface area contributed by atoms with Crippen molar-refractivity contribution in [2.75, 3.05) is 0 Å². The first kappa shape index (κ1) is 61.2. The molecule has 0 radical (unpaired) electrons. The molecule has 0 unspecified atom stereocenters. The second-order valence-corrected chi connectivity index (χ2v) is 25.8. The molecule has 2 aromatic heterocycles. The van der Waals surface area contributed by atoms with Gasteiger partial charge >= 0.3 is 0 Å². The van der Waals surface area contributed by atoms with E-state index < -0.39 is 0 Å². The van der Waals surface area contributed by atoms with Gasteiger partial charge in [-0.15, -0.1) is 0 Å². The number of aromatic amines is 2. The zero-order chi connectivity index (χ0) is 66.2. The monoisotopic (exact) mass is 1260 g/mol. The third-order valence-corrected chi connectivity index (χ3v) is 20.1. The molecule has 4 heteroatoms. The SMILES string of the molecule is CC.CCCCCCc1ccc2[nH]c(=O)c3ccc(-c4c5ccccc5c(-c5ccccc5)c5ccccc45)cc3c2c1.O=c1[nH]c2ccc(-c3c4c(c(-c5ccccc5)c5ccccc35)=CCCC=4)cc2c2cc(-c3c4ccccc4c(-c4ccccc4)c4ccccc34)ccc12. The van der Waals surface area contributed by atoms with Crippen molar-refractivity contribution in [2.45, 2.75) is 65.7 Å². The molecule has 1 aliphatic rings. The molecular weight excluding hydrogens is 1190 g/mol. The molecular formula is C94H74N2O2. The van der Waals surface area contributed by atoms with Crippen molar-refractivity contribution >= 4 is 109 Å². The molecule has 2 N–H and O–H groups in total. The minimum atomic E-state index is -0.0751. The van der Waals surface area contributed by atoms with Crippen LogP contribution in [-0.2, 0) is 6.42 Å². The summed E-state index contributed by atoms with van der Waals surface area (Å²) in [5.74, 6) is 0. The summed E-state index contributed by atoms with van der Waals surface area (Å²) < 4.78 is 0. The van der Waals surface area contributed by atoms with E-state index in [0.717, 1.165) is 73.9 Å². The van der Waals surface area contributed by atoms with Gasteiger partial charge in [0.05, 0.1) is 0 Å². The molecule has 0 amide bonds. The van der Waals surface area contributed by atoms with Crippen LogP contribution < -0.4 is 21.6 Å². The van der Waals surface area contributed by atoms with Crippen LogP contribution in [0.25, 0.3) is 176 Å². The molecule has 18 rings (SSSR count). The fourth-order valence-corrected chi connectivity index (χ4v) is 15.8. The highest BCUT2D eigenvalue weighted by molar-refractivity contribution is 6.24. The number of aryl methyl sites for hydroxylation is 1. The molecule has 472 valence electrons. The maximum Gasteiger partial charge on any atom is 0.256 e. The van der Waals surface area contributed by atoms with Crippen molar-refractivity contribution in [2.24, 2.45) is 0 Å². The maximum absolute atomic E-state index is 13.7. The van der Waals surface area contributed by atoms with E-state index in [1.165, 1.54) is 146 Å². The van der Waals surface area contributed by atoms with Crippen LogP contribution in [0.5, 0.6) is 0 Å². The largest absolute Gasteiger partial charge is 0.321 e. The van der Waals surface area contributed by atoms with Gasteiger partial charge in [-0.05, 0) is 222 Å². The van der Waals surface area contributed by atoms with Crippen molar-refractivity contribution in [1.29, 1.82) is 0 Å². The lowest BCUT2D eigenvalue weighted by Crippen LogP contribution is -2.31. The Balaban J connectivity index is 0.000000156. The fraction of sp³-hybridized carbons (Fsp3) is 0.106. The lowest BCUT2D eigenvalue weighted by molar-refractivity contribution is 0.667. The third kappa shape index (κ3) is 10.8. The third-order valence-electron chi connectivity index (χ3n) is 20.1. The molecule has 17 aromatic rings. The van der Waals surface area contributed by atoms with Crippen LogP contribution in [-0.4, -0.2) is 9.97 Å². The standard InChI is InChI=1S/C53H35NO.C39H33NO.C2H6/c55-53-45-29-27-35(51-41-23-11-7-19-37(41)49(33-15-3-1-4-16-33)38-20-8-12-24-42(38)51)31-46(45)47-32-36(28-30-48(47)54-53)52-43-25-13-9-21-39(43)50(34-17-5-2-6-18-34)40-22-10-14-26-44(40)52;1-2-3-4-6-13-26-20-23-36-35(24-26)34-25-28(21-22-33(34)39(41)40-36)38-31-18-11-9-16-29(31)37(27-14-7-5-8-15-27)30-17-10-12-19-32(30)38;1-2/h1-9,11-13,15-32H,10,14H2,(H,54,55);5,7-12,14-25H,2-4,6,13H2,1H3,(H,40,41);1-2H3. The molecule has 0 atom stereocenters. The number of aromatic nitrogens is 2. The van der Waals surface area contributed by atoms with Crippen molar-refractivity contribution in [3.8, 4) is 66.8 Å². The lowest BCUT2D eigenvalue weighted by Gasteiger charge is -2.19. The van der Waals surface area contributed by atoms with E-state index in [1.54, 1.807) is 0 Å². The van der Waals surface area contributed by atoms with Gasteiger partial charge in [0.15, 0.2) is 0 Å². The van der Waals surface area contributed by atoms with E-state index in [1.807, 2.05) is 26.0 Å². The Kier molecular flexibility index (Phi) is 16.5. The van der Waals surface area contributed by atoms with Crippen molar-refractivity contribution in [3.05, 3.63) is 322 Å². The van der Waals surface area contributed by atoms with Crippen LogP contribution >= 0.6 is 0 Å². The number of hydrogen-bond acceptors (Lipinski definition) is 2. The van der Waals surface area contributed by atoms with Gasteiger partial charge in [-0.3, -0.25) is 9.59 Å². The van der Waals surface area contributed by atoms with E-state index in [4.69, 9.17) is 0 Å². The second-order valence-electron chi connectivity index (χ2n) is 25.8. The van der Waals surface area contributed by atoms with E-state index in [2.05, 4.69) is 302 Å². The highest BCUT2D eigenvalue weighted by atomic mass is 16.1. The molecule has 0 fully saturated rings. The summed E-state index contributed by atoms with van der Waals surface area (Å²) in [6.45, 7) is 6.25. The average molecular weight is 1260 g/mol. The molecule has 0 saturated heterocycles. The fourth-order valence-electron chi connectivity index (χ4n) is 15.8. The van der Waals surface area contributed by atoms with E-state index in [0.29, 0.717) is 5.39 Å². The molecule has 4 nitrogen and oxygen atoms in total. The molecule has 98 heavy (non-hydrogen) atoms. The van der Waals surface area contributed by atoms with Gasteiger partial charge in [-0.2, -0.15) is 0 Å². The molecule has 0 spiro atoms. The number of nitrogens with one attached hydrogen (secondary N) is 2. The highest BCUT2D eigenvalue weighted by Crippen LogP contribution is 2.47. The van der Waals surface area contributed by atoms with Gasteiger partial charge in [-0.25, -0.2) is 0 Å². The smallest absolute Gasteiger partial charge is 0.256 e. The summed E-state index contributed by atoms with van der Waals surface area (Å²) in [5.41, 5.74) is 17.4. The number of unbranched alkanes of at least 4 members (excludes halogenated alkanes) is 3. The molecule has 0 saturated carbocycles. The summed E-state index contributed by atoms with van der Waals surface area (Å²) in [6.07, 6.45) is 12.9. The molecule has 0 aliphatic heterocycles. The predicted molar refractivity (Wildman–Crippen MR) is 421 cm³/mol. The van der Waals surface area contributed by atoms with Crippen LogP contribution in [0.3, 0.4) is 0 Å². The zero-order valence-corrected chi connectivity index (χ0v) is 55.6. The number of pyridine rings is 2. The lowest BCUT2D eigenvalue weighted by atomic mass is 9.85. The first-order valence-corrected chi connectivity index (χ1v) is 34.9. The van der Waals surface area contributed by atoms with Crippen LogP contribution in [0, 0.1) is 0 Å². The van der Waals surface area contributed by atoms with Gasteiger partial charge in [0, 0.05) is 32.6 Å². The Bertz CT molecular complexity index is 6110. The van der Waals surface area contributed by atoms with Crippen LogP contribution in [0.15, 0.2) is 295 Å². The summed E-state index contributed by atoms with van der Waals surface area (Å²) in [6, 6.07) is 102. The summed E-state index contributed by atoms with van der Waals surface area (Å²) >= 11 is 0. The topological polar surface area (TPSA) is 65.7 Å². The predicted octanol–water partition coefficient (Wildman–Crippen LogP) is 23.6. The number of rotatable bonds is 11. The number of benzene rings is 15. The van der Waals surface area contributed by atoms with E-state index in [-0.39, 0.29) is 11.1 Å². The van der Waals surface area contributed by atoms with E-state index >= 15 is 0 Å². The Morgan fingerprint density at radius 3 is 0.969 bits per heavy atom. The quantitative estimate of drug-likeness (QED) is 0.0770. The number of fused-ring (bicyclic) bond motifs is 12. The Morgan fingerprint density at radius 2 is 0.571 bits per heavy atom.